The summed E-state index contributed by atoms with van der Waals surface area (Å²) in [6.07, 6.45) is 3.65. The zero-order valence-corrected chi connectivity index (χ0v) is 13.6. The molecule has 1 atom stereocenters. The normalized spacial score (nSPS) is 17.8. The Morgan fingerprint density at radius 1 is 1.26 bits per heavy atom. The number of piperidine rings is 1. The highest BCUT2D eigenvalue weighted by Gasteiger charge is 2.27. The molecule has 5 nitrogen and oxygen atoms in total. The lowest BCUT2D eigenvalue weighted by Crippen LogP contribution is -2.41. The van der Waals surface area contributed by atoms with E-state index in [9.17, 15) is 4.79 Å². The fourth-order valence-corrected chi connectivity index (χ4v) is 2.91. The van der Waals surface area contributed by atoms with Gasteiger partial charge >= 0.3 is 0 Å². The van der Waals surface area contributed by atoms with E-state index in [0.29, 0.717) is 6.54 Å². The summed E-state index contributed by atoms with van der Waals surface area (Å²) in [4.78, 5) is 23.5. The monoisotopic (exact) mass is 310 g/mol. The van der Waals surface area contributed by atoms with E-state index >= 15 is 0 Å². The second kappa shape index (κ2) is 6.77. The molecule has 3 rings (SSSR count). The minimum absolute atomic E-state index is 0.0348. The Labute approximate surface area is 136 Å². The van der Waals surface area contributed by atoms with Gasteiger partial charge in [-0.1, -0.05) is 18.2 Å². The topological polar surface area (TPSA) is 58.1 Å². The van der Waals surface area contributed by atoms with Gasteiger partial charge in [-0.15, -0.1) is 0 Å². The van der Waals surface area contributed by atoms with Crippen LogP contribution in [-0.2, 0) is 4.79 Å². The van der Waals surface area contributed by atoms with Gasteiger partial charge in [-0.05, 0) is 44.4 Å². The highest BCUT2D eigenvalue weighted by Crippen LogP contribution is 2.22. The third-order valence-corrected chi connectivity index (χ3v) is 4.26. The molecule has 1 fully saturated rings. The van der Waals surface area contributed by atoms with Crippen LogP contribution < -0.4 is 10.2 Å². The number of aromatic nitrogens is 2. The van der Waals surface area contributed by atoms with E-state index in [1.807, 2.05) is 44.2 Å². The summed E-state index contributed by atoms with van der Waals surface area (Å²) in [6.45, 7) is 5.53. The SMILES string of the molecule is Cc1ccnc(N2CCC[C@H](C(=O)Nc3ccccc3C)C2)n1. The van der Waals surface area contributed by atoms with E-state index in [1.54, 1.807) is 6.20 Å². The first-order chi connectivity index (χ1) is 11.1. The summed E-state index contributed by atoms with van der Waals surface area (Å²) in [7, 11) is 0. The number of carbonyl (C=O) groups is 1. The van der Waals surface area contributed by atoms with Crippen LogP contribution in [0.3, 0.4) is 0 Å². The highest BCUT2D eigenvalue weighted by molar-refractivity contribution is 5.93. The summed E-state index contributed by atoms with van der Waals surface area (Å²) in [5, 5.41) is 3.06. The largest absolute Gasteiger partial charge is 0.340 e. The van der Waals surface area contributed by atoms with Crippen LogP contribution in [0.25, 0.3) is 0 Å². The Morgan fingerprint density at radius 3 is 2.87 bits per heavy atom. The van der Waals surface area contributed by atoms with Crippen LogP contribution in [0.1, 0.15) is 24.1 Å². The summed E-state index contributed by atoms with van der Waals surface area (Å²) < 4.78 is 0. The maximum absolute atomic E-state index is 12.6. The third-order valence-electron chi connectivity index (χ3n) is 4.26. The maximum Gasteiger partial charge on any atom is 0.229 e. The van der Waals surface area contributed by atoms with Gasteiger partial charge in [-0.2, -0.15) is 0 Å². The molecule has 1 aromatic carbocycles. The molecule has 23 heavy (non-hydrogen) atoms. The second-order valence-electron chi connectivity index (χ2n) is 6.09. The number of rotatable bonds is 3. The fourth-order valence-electron chi connectivity index (χ4n) is 2.91. The van der Waals surface area contributed by atoms with Crippen molar-refractivity contribution in [3.63, 3.8) is 0 Å². The van der Waals surface area contributed by atoms with Crippen LogP contribution >= 0.6 is 0 Å². The third kappa shape index (κ3) is 3.67. The molecule has 0 saturated carbocycles. The van der Waals surface area contributed by atoms with Gasteiger partial charge in [-0.25, -0.2) is 9.97 Å². The maximum atomic E-state index is 12.6. The van der Waals surface area contributed by atoms with Crippen molar-refractivity contribution in [1.82, 2.24) is 9.97 Å². The number of aryl methyl sites for hydroxylation is 2. The Hall–Kier alpha value is -2.43. The van der Waals surface area contributed by atoms with E-state index in [1.165, 1.54) is 0 Å². The van der Waals surface area contributed by atoms with Crippen LogP contribution in [0.15, 0.2) is 36.5 Å². The van der Waals surface area contributed by atoms with Gasteiger partial charge in [0.1, 0.15) is 0 Å². The number of carbonyl (C=O) groups excluding carboxylic acids is 1. The standard InChI is InChI=1S/C18H22N4O/c1-13-6-3-4-8-16(13)21-17(23)15-7-5-11-22(12-15)18-19-10-9-14(2)20-18/h3-4,6,8-10,15H,5,7,11-12H2,1-2H3,(H,21,23)/t15-/m0/s1. The molecule has 1 aliphatic heterocycles. The Balaban J connectivity index is 1.68. The van der Waals surface area contributed by atoms with Crippen molar-refractivity contribution in [3.8, 4) is 0 Å². The van der Waals surface area contributed by atoms with Gasteiger partial charge in [-0.3, -0.25) is 4.79 Å². The smallest absolute Gasteiger partial charge is 0.229 e. The summed E-state index contributed by atoms with van der Waals surface area (Å²) in [5.74, 6) is 0.766. The molecule has 0 bridgehead atoms. The molecule has 1 aliphatic rings. The number of nitrogens with zero attached hydrogens (tertiary/aromatic N) is 3. The van der Waals surface area contributed by atoms with Crippen molar-refractivity contribution in [2.45, 2.75) is 26.7 Å². The predicted molar refractivity (Wildman–Crippen MR) is 91.5 cm³/mol. The zero-order chi connectivity index (χ0) is 16.2. The molecule has 1 amide bonds. The fraction of sp³-hybridized carbons (Fsp3) is 0.389. The molecular weight excluding hydrogens is 288 g/mol. The van der Waals surface area contributed by atoms with Crippen molar-refractivity contribution in [2.24, 2.45) is 5.92 Å². The lowest BCUT2D eigenvalue weighted by molar-refractivity contribution is -0.120. The van der Waals surface area contributed by atoms with E-state index < -0.39 is 0 Å². The molecular formula is C18H22N4O. The second-order valence-corrected chi connectivity index (χ2v) is 6.09. The van der Waals surface area contributed by atoms with Gasteiger partial charge in [0.2, 0.25) is 11.9 Å². The van der Waals surface area contributed by atoms with E-state index in [-0.39, 0.29) is 11.8 Å². The number of hydrogen-bond donors (Lipinski definition) is 1. The van der Waals surface area contributed by atoms with Gasteiger partial charge < -0.3 is 10.2 Å². The first kappa shape index (κ1) is 15.5. The first-order valence-electron chi connectivity index (χ1n) is 8.04. The molecule has 0 aliphatic carbocycles. The quantitative estimate of drug-likeness (QED) is 0.947. The Bertz CT molecular complexity index is 701. The lowest BCUT2D eigenvalue weighted by atomic mass is 9.97. The highest BCUT2D eigenvalue weighted by atomic mass is 16.1. The van der Waals surface area contributed by atoms with Crippen molar-refractivity contribution < 1.29 is 4.79 Å². The molecule has 0 spiro atoms. The summed E-state index contributed by atoms with van der Waals surface area (Å²) in [6, 6.07) is 9.75. The van der Waals surface area contributed by atoms with Crippen molar-refractivity contribution >= 4 is 17.5 Å². The van der Waals surface area contributed by atoms with Gasteiger partial charge in [0.15, 0.2) is 0 Å². The first-order valence-corrected chi connectivity index (χ1v) is 8.04. The number of nitrogens with one attached hydrogen (secondary N) is 1. The number of anilines is 2. The molecule has 5 heteroatoms. The summed E-state index contributed by atoms with van der Waals surface area (Å²) in [5.41, 5.74) is 2.92. The molecule has 2 aromatic rings. The van der Waals surface area contributed by atoms with Crippen molar-refractivity contribution in [1.29, 1.82) is 0 Å². The molecule has 1 aromatic heterocycles. The Morgan fingerprint density at radius 2 is 2.09 bits per heavy atom. The van der Waals surface area contributed by atoms with Crippen LogP contribution in [0.2, 0.25) is 0 Å². The van der Waals surface area contributed by atoms with E-state index in [0.717, 1.165) is 42.3 Å². The van der Waals surface area contributed by atoms with Crippen LogP contribution in [0.5, 0.6) is 0 Å². The van der Waals surface area contributed by atoms with E-state index in [2.05, 4.69) is 20.2 Å². The molecule has 0 unspecified atom stereocenters. The predicted octanol–water partition coefficient (Wildman–Crippen LogP) is 2.95. The van der Waals surface area contributed by atoms with Crippen LogP contribution in [0, 0.1) is 19.8 Å². The zero-order valence-electron chi connectivity index (χ0n) is 13.6. The minimum atomic E-state index is -0.0348. The minimum Gasteiger partial charge on any atom is -0.340 e. The van der Waals surface area contributed by atoms with Crippen LogP contribution in [-0.4, -0.2) is 29.0 Å². The lowest BCUT2D eigenvalue weighted by Gasteiger charge is -2.32. The van der Waals surface area contributed by atoms with E-state index in [4.69, 9.17) is 0 Å². The van der Waals surface area contributed by atoms with Crippen molar-refractivity contribution in [3.05, 3.63) is 47.8 Å². The number of benzene rings is 1. The molecule has 1 saturated heterocycles. The molecule has 0 radical (unpaired) electrons. The summed E-state index contributed by atoms with van der Waals surface area (Å²) >= 11 is 0. The van der Waals surface area contributed by atoms with Gasteiger partial charge in [0, 0.05) is 30.7 Å². The van der Waals surface area contributed by atoms with Crippen molar-refractivity contribution in [2.75, 3.05) is 23.3 Å². The number of para-hydroxylation sites is 1. The van der Waals surface area contributed by atoms with Crippen LogP contribution in [0.4, 0.5) is 11.6 Å². The van der Waals surface area contributed by atoms with Gasteiger partial charge in [0.05, 0.1) is 5.92 Å². The molecule has 2 heterocycles. The average Bonchev–Trinajstić information content (AvgIpc) is 2.57. The number of amides is 1. The molecule has 1 N–H and O–H groups in total. The number of hydrogen-bond acceptors (Lipinski definition) is 4. The molecule has 120 valence electrons. The Kier molecular flexibility index (Phi) is 4.55. The average molecular weight is 310 g/mol. The van der Waals surface area contributed by atoms with Gasteiger partial charge in [0.25, 0.3) is 0 Å².